The lowest BCUT2D eigenvalue weighted by atomic mass is 9.99. The highest BCUT2D eigenvalue weighted by Crippen LogP contribution is 2.32. The molecule has 2 aromatic heterocycles. The van der Waals surface area contributed by atoms with E-state index in [1.165, 1.54) is 23.3 Å². The molecule has 0 saturated carbocycles. The van der Waals surface area contributed by atoms with E-state index in [0.29, 0.717) is 18.8 Å². The summed E-state index contributed by atoms with van der Waals surface area (Å²) in [6.45, 7) is 6.31. The van der Waals surface area contributed by atoms with Gasteiger partial charge in [-0.15, -0.1) is 11.3 Å². The van der Waals surface area contributed by atoms with Crippen LogP contribution in [0.3, 0.4) is 0 Å². The van der Waals surface area contributed by atoms with Crippen molar-refractivity contribution in [3.8, 4) is 11.3 Å². The van der Waals surface area contributed by atoms with Crippen molar-refractivity contribution in [1.82, 2.24) is 20.2 Å². The second kappa shape index (κ2) is 10.9. The van der Waals surface area contributed by atoms with Crippen LogP contribution in [0.15, 0.2) is 36.5 Å². The molecule has 4 N–H and O–H groups in total. The lowest BCUT2D eigenvalue weighted by Gasteiger charge is -2.25. The number of carbonyl (C=O) groups is 1. The molecule has 1 aromatic carbocycles. The van der Waals surface area contributed by atoms with Gasteiger partial charge in [0.2, 0.25) is 5.95 Å². The molecular formula is C27H35N5O3S. The molecule has 0 bridgehead atoms. The molecule has 8 nitrogen and oxygen atoms in total. The minimum atomic E-state index is -0.752. The third-order valence-corrected chi connectivity index (χ3v) is 7.35. The third kappa shape index (κ3) is 6.60. The molecule has 0 aliphatic heterocycles. The van der Waals surface area contributed by atoms with Crippen molar-refractivity contribution in [1.29, 1.82) is 0 Å². The number of nitrogen functional groups attached to an aromatic ring is 1. The smallest absolute Gasteiger partial charge is 0.410 e. The summed E-state index contributed by atoms with van der Waals surface area (Å²) >= 11 is 1.70. The molecule has 36 heavy (non-hydrogen) atoms. The van der Waals surface area contributed by atoms with Gasteiger partial charge >= 0.3 is 6.09 Å². The molecule has 0 saturated heterocycles. The van der Waals surface area contributed by atoms with E-state index in [2.05, 4.69) is 21.4 Å². The molecule has 4 rings (SSSR count). The molecule has 2 heterocycles. The monoisotopic (exact) mass is 509 g/mol. The zero-order chi connectivity index (χ0) is 25.9. The molecule has 1 atom stereocenters. The first-order valence-electron chi connectivity index (χ1n) is 12.3. The van der Waals surface area contributed by atoms with Gasteiger partial charge in [0.1, 0.15) is 11.8 Å². The van der Waals surface area contributed by atoms with Crippen LogP contribution >= 0.6 is 11.3 Å². The minimum Gasteiger partial charge on any atom is -0.444 e. The predicted octanol–water partition coefficient (Wildman–Crippen LogP) is 4.81. The third-order valence-electron chi connectivity index (χ3n) is 6.06. The van der Waals surface area contributed by atoms with Gasteiger partial charge in [-0.05, 0) is 81.3 Å². The number of thiophene rings is 1. The van der Waals surface area contributed by atoms with Gasteiger partial charge in [-0.1, -0.05) is 12.1 Å². The van der Waals surface area contributed by atoms with Gasteiger partial charge in [-0.25, -0.2) is 14.8 Å². The van der Waals surface area contributed by atoms with Crippen molar-refractivity contribution in [3.05, 3.63) is 63.0 Å². The van der Waals surface area contributed by atoms with Crippen LogP contribution in [0.5, 0.6) is 0 Å². The average Bonchev–Trinajstić information content (AvgIpc) is 3.26. The quantitative estimate of drug-likeness (QED) is 0.392. The number of carbonyl (C=O) groups excluding carboxylic acids is 1. The highest BCUT2D eigenvalue weighted by molar-refractivity contribution is 7.12. The van der Waals surface area contributed by atoms with Crippen LogP contribution in [0.2, 0.25) is 0 Å². The van der Waals surface area contributed by atoms with Gasteiger partial charge in [-0.2, -0.15) is 0 Å². The summed E-state index contributed by atoms with van der Waals surface area (Å²) in [5, 5.41) is 14.1. The Hall–Kier alpha value is -3.01. The highest BCUT2D eigenvalue weighted by Gasteiger charge is 2.22. The second-order valence-corrected chi connectivity index (χ2v) is 11.4. The average molecular weight is 510 g/mol. The van der Waals surface area contributed by atoms with E-state index in [1.54, 1.807) is 35.5 Å². The predicted molar refractivity (Wildman–Crippen MR) is 142 cm³/mol. The van der Waals surface area contributed by atoms with Crippen LogP contribution in [0.4, 0.5) is 10.7 Å². The Morgan fingerprint density at radius 3 is 2.72 bits per heavy atom. The van der Waals surface area contributed by atoms with E-state index in [9.17, 15) is 9.90 Å². The molecule has 1 amide bonds. The minimum absolute atomic E-state index is 0.201. The van der Waals surface area contributed by atoms with Crippen LogP contribution in [0.1, 0.15) is 66.3 Å². The molecule has 1 aliphatic carbocycles. The number of rotatable bonds is 7. The van der Waals surface area contributed by atoms with Crippen molar-refractivity contribution >= 4 is 23.4 Å². The topological polar surface area (TPSA) is 114 Å². The zero-order valence-corrected chi connectivity index (χ0v) is 22.2. The van der Waals surface area contributed by atoms with Crippen LogP contribution < -0.4 is 11.1 Å². The number of ether oxygens (including phenoxy) is 1. The van der Waals surface area contributed by atoms with Gasteiger partial charge in [0.25, 0.3) is 0 Å². The van der Waals surface area contributed by atoms with Crippen molar-refractivity contribution < 1.29 is 14.6 Å². The first-order valence-corrected chi connectivity index (χ1v) is 13.1. The van der Waals surface area contributed by atoms with Crippen LogP contribution in [0.25, 0.3) is 11.3 Å². The number of aliphatic hydroxyl groups excluding tert-OH is 1. The molecule has 0 spiro atoms. The number of benzene rings is 1. The Balaban J connectivity index is 1.55. The molecule has 3 aromatic rings. The number of hydrogen-bond acceptors (Lipinski definition) is 8. The van der Waals surface area contributed by atoms with Gasteiger partial charge in [0, 0.05) is 41.7 Å². The number of amides is 1. The molecule has 0 fully saturated rings. The van der Waals surface area contributed by atoms with Crippen molar-refractivity contribution in [3.63, 3.8) is 0 Å². The molecule has 9 heteroatoms. The maximum absolute atomic E-state index is 12.6. The lowest BCUT2D eigenvalue weighted by Crippen LogP contribution is -2.34. The zero-order valence-electron chi connectivity index (χ0n) is 21.4. The summed E-state index contributed by atoms with van der Waals surface area (Å²) in [6, 6.07) is 9.89. The van der Waals surface area contributed by atoms with E-state index in [1.807, 2.05) is 39.0 Å². The summed E-state index contributed by atoms with van der Waals surface area (Å²) in [4.78, 5) is 24.8. The molecule has 192 valence electrons. The van der Waals surface area contributed by atoms with E-state index in [0.717, 1.165) is 34.4 Å². The largest absolute Gasteiger partial charge is 0.444 e. The molecule has 1 unspecified atom stereocenters. The van der Waals surface area contributed by atoms with E-state index in [4.69, 9.17) is 10.5 Å². The summed E-state index contributed by atoms with van der Waals surface area (Å²) < 4.78 is 5.53. The number of aryl methyl sites for hydroxylation is 2. The van der Waals surface area contributed by atoms with Crippen molar-refractivity contribution in [2.24, 2.45) is 0 Å². The van der Waals surface area contributed by atoms with Crippen molar-refractivity contribution in [2.45, 2.75) is 71.4 Å². The second-order valence-electron chi connectivity index (χ2n) is 10.2. The lowest BCUT2D eigenvalue weighted by molar-refractivity contribution is 0.0284. The first kappa shape index (κ1) is 26.1. The summed E-state index contributed by atoms with van der Waals surface area (Å²) in [5.41, 5.74) is 10.0. The molecule has 0 radical (unpaired) electrons. The maximum Gasteiger partial charge on any atom is 0.410 e. The van der Waals surface area contributed by atoms with E-state index >= 15 is 0 Å². The fourth-order valence-electron chi connectivity index (χ4n) is 4.26. The van der Waals surface area contributed by atoms with Crippen LogP contribution in [-0.2, 0) is 30.7 Å². The first-order chi connectivity index (χ1) is 17.1. The number of aliphatic hydroxyl groups is 1. The standard InChI is InChI=1S/C27H35N5O3S/c1-27(2,3)35-26(34)32(4)16-20-13-17(21-11-12-29-25(28)31-21)9-10-19(20)15-30-24(33)23-14-18-7-5-6-8-22(18)36-23/h9-14,24,30,33H,5-8,15-16H2,1-4H3,(H2,28,29,31). The molecular weight excluding hydrogens is 474 g/mol. The number of aromatic nitrogens is 2. The summed E-state index contributed by atoms with van der Waals surface area (Å²) in [7, 11) is 1.71. The van der Waals surface area contributed by atoms with Crippen LogP contribution in [-0.4, -0.2) is 38.7 Å². The van der Waals surface area contributed by atoms with Crippen LogP contribution in [0, 0.1) is 0 Å². The van der Waals surface area contributed by atoms with Crippen molar-refractivity contribution in [2.75, 3.05) is 12.8 Å². The summed E-state index contributed by atoms with van der Waals surface area (Å²) in [6.07, 6.45) is 5.09. The van der Waals surface area contributed by atoms with Gasteiger partial charge < -0.3 is 20.5 Å². The van der Waals surface area contributed by atoms with E-state index < -0.39 is 17.9 Å². The Bertz CT molecular complexity index is 1200. The number of nitrogens with one attached hydrogen (secondary N) is 1. The maximum atomic E-state index is 12.6. The Labute approximate surface area is 216 Å². The number of anilines is 1. The number of hydrogen-bond donors (Lipinski definition) is 3. The van der Waals surface area contributed by atoms with Gasteiger partial charge in [0.15, 0.2) is 0 Å². The van der Waals surface area contributed by atoms with Gasteiger partial charge in [-0.3, -0.25) is 5.32 Å². The van der Waals surface area contributed by atoms with Gasteiger partial charge in [0.05, 0.1) is 5.69 Å². The Morgan fingerprint density at radius 1 is 1.22 bits per heavy atom. The fraction of sp³-hybridized carbons (Fsp3) is 0.444. The highest BCUT2D eigenvalue weighted by atomic mass is 32.1. The number of fused-ring (bicyclic) bond motifs is 1. The Kier molecular flexibility index (Phi) is 7.92. The Morgan fingerprint density at radius 2 is 2.00 bits per heavy atom. The fourth-order valence-corrected chi connectivity index (χ4v) is 5.47. The normalized spacial score (nSPS) is 14.2. The van der Waals surface area contributed by atoms with E-state index in [-0.39, 0.29) is 5.95 Å². The SMILES string of the molecule is CN(Cc1cc(-c2ccnc(N)n2)ccc1CNC(O)c1cc2c(s1)CCCC2)C(=O)OC(C)(C)C. The number of nitrogens with two attached hydrogens (primary N) is 1. The number of nitrogens with zero attached hydrogens (tertiary/aromatic N) is 3. The summed E-state index contributed by atoms with van der Waals surface area (Å²) in [5.74, 6) is 0.201. The molecule has 1 aliphatic rings.